The van der Waals surface area contributed by atoms with Gasteiger partial charge in [0.25, 0.3) is 0 Å². The lowest BCUT2D eigenvalue weighted by Gasteiger charge is -1.98. The van der Waals surface area contributed by atoms with Gasteiger partial charge < -0.3 is 4.74 Å². The van der Waals surface area contributed by atoms with Gasteiger partial charge in [-0.3, -0.25) is 5.10 Å². The first-order valence-electron chi connectivity index (χ1n) is 3.98. The summed E-state index contributed by atoms with van der Waals surface area (Å²) in [4.78, 5) is 12.0. The van der Waals surface area contributed by atoms with Crippen LogP contribution in [0, 0.1) is 0 Å². The zero-order valence-corrected chi connectivity index (χ0v) is 8.30. The van der Waals surface area contributed by atoms with Gasteiger partial charge in [0.05, 0.1) is 13.3 Å². The number of nitrogens with one attached hydrogen (secondary N) is 1. The van der Waals surface area contributed by atoms with Gasteiger partial charge in [-0.2, -0.15) is 5.10 Å². The van der Waals surface area contributed by atoms with Crippen LogP contribution in [0.5, 0.6) is 0 Å². The van der Waals surface area contributed by atoms with Crippen molar-refractivity contribution in [1.29, 1.82) is 0 Å². The molecule has 0 saturated carbocycles. The lowest BCUT2D eigenvalue weighted by molar-refractivity contribution is 0.0607. The summed E-state index contributed by atoms with van der Waals surface area (Å²) in [6.07, 6.45) is 3.42. The van der Waals surface area contributed by atoms with E-state index in [2.05, 4.69) is 14.9 Å². The number of H-pyrrole nitrogens is 1. The van der Waals surface area contributed by atoms with Crippen molar-refractivity contribution in [2.75, 3.05) is 7.11 Å². The number of esters is 1. The summed E-state index contributed by atoms with van der Waals surface area (Å²) in [7, 11) is 1.38. The van der Waals surface area contributed by atoms with Gasteiger partial charge in [-0.1, -0.05) is 0 Å². The number of nitrogens with zero attached hydrogens (tertiary/aromatic N) is 1. The van der Waals surface area contributed by atoms with Crippen molar-refractivity contribution in [3.05, 3.63) is 28.7 Å². The lowest BCUT2D eigenvalue weighted by Crippen LogP contribution is -1.99. The number of methoxy groups -OCH3 is 1. The van der Waals surface area contributed by atoms with E-state index in [1.165, 1.54) is 18.4 Å². The predicted molar refractivity (Wildman–Crippen MR) is 53.2 cm³/mol. The summed E-state index contributed by atoms with van der Waals surface area (Å²) in [5.41, 5.74) is 1.75. The summed E-state index contributed by atoms with van der Waals surface area (Å²) in [6.45, 7) is 0. The fourth-order valence-electron chi connectivity index (χ4n) is 1.19. The molecule has 2 aromatic rings. The van der Waals surface area contributed by atoms with Crippen molar-refractivity contribution in [1.82, 2.24) is 10.2 Å². The summed E-state index contributed by atoms with van der Waals surface area (Å²) >= 11 is 1.36. The van der Waals surface area contributed by atoms with Gasteiger partial charge in [0.2, 0.25) is 0 Å². The summed E-state index contributed by atoms with van der Waals surface area (Å²) in [5, 5.41) is 8.39. The minimum absolute atomic E-state index is 0.309. The number of rotatable bonds is 2. The average Bonchev–Trinajstić information content (AvgIpc) is 2.85. The minimum Gasteiger partial charge on any atom is -0.465 e. The third kappa shape index (κ3) is 1.42. The first kappa shape index (κ1) is 8.96. The first-order valence-corrected chi connectivity index (χ1v) is 4.86. The molecule has 2 rings (SSSR count). The predicted octanol–water partition coefficient (Wildman–Crippen LogP) is 1.92. The van der Waals surface area contributed by atoms with Crippen molar-refractivity contribution in [3.8, 4) is 11.1 Å². The molecule has 0 aliphatic rings. The van der Waals surface area contributed by atoms with Gasteiger partial charge >= 0.3 is 5.97 Å². The Morgan fingerprint density at radius 2 is 2.50 bits per heavy atom. The van der Waals surface area contributed by atoms with Crippen LogP contribution in [-0.2, 0) is 4.74 Å². The second-order valence-electron chi connectivity index (χ2n) is 2.64. The maximum atomic E-state index is 11.3. The van der Waals surface area contributed by atoms with Crippen LogP contribution < -0.4 is 0 Å². The fraction of sp³-hybridized carbons (Fsp3) is 0.111. The molecular weight excluding hydrogens is 200 g/mol. The topological polar surface area (TPSA) is 55.0 Å². The zero-order valence-electron chi connectivity index (χ0n) is 7.48. The van der Waals surface area contributed by atoms with E-state index in [-0.39, 0.29) is 5.97 Å². The molecule has 0 aliphatic heterocycles. The molecular formula is C9H8N2O2S. The molecule has 0 atom stereocenters. The molecule has 4 nitrogen and oxygen atoms in total. The normalized spacial score (nSPS) is 10.1. The van der Waals surface area contributed by atoms with E-state index in [1.54, 1.807) is 12.4 Å². The van der Waals surface area contributed by atoms with Gasteiger partial charge in [-0.15, -0.1) is 11.3 Å². The molecule has 0 saturated heterocycles. The largest absolute Gasteiger partial charge is 0.465 e. The van der Waals surface area contributed by atoms with Gasteiger partial charge in [-0.05, 0) is 11.4 Å². The maximum absolute atomic E-state index is 11.3. The van der Waals surface area contributed by atoms with Crippen LogP contribution in [0.25, 0.3) is 11.1 Å². The smallest absolute Gasteiger partial charge is 0.348 e. The number of aromatic nitrogens is 2. The number of thiophene rings is 1. The molecule has 0 aliphatic carbocycles. The van der Waals surface area contributed by atoms with Crippen molar-refractivity contribution >= 4 is 17.3 Å². The third-order valence-electron chi connectivity index (χ3n) is 1.85. The second kappa shape index (κ2) is 3.63. The number of hydrogen-bond donors (Lipinski definition) is 1. The van der Waals surface area contributed by atoms with Gasteiger partial charge in [0, 0.05) is 17.3 Å². The maximum Gasteiger partial charge on any atom is 0.348 e. The summed E-state index contributed by atoms with van der Waals surface area (Å²) in [6, 6.07) is 1.88. The van der Waals surface area contributed by atoms with Crippen molar-refractivity contribution in [3.63, 3.8) is 0 Å². The number of aromatic amines is 1. The molecule has 0 bridgehead atoms. The molecule has 0 radical (unpaired) electrons. The molecule has 0 unspecified atom stereocenters. The average molecular weight is 208 g/mol. The number of carbonyl (C=O) groups excluding carboxylic acids is 1. The zero-order chi connectivity index (χ0) is 9.97. The second-order valence-corrected chi connectivity index (χ2v) is 3.56. The van der Waals surface area contributed by atoms with E-state index in [4.69, 9.17) is 0 Å². The summed E-state index contributed by atoms with van der Waals surface area (Å²) in [5.74, 6) is -0.309. The highest BCUT2D eigenvalue weighted by Gasteiger charge is 2.14. The van der Waals surface area contributed by atoms with Crippen LogP contribution in [0.1, 0.15) is 9.67 Å². The molecule has 72 valence electrons. The van der Waals surface area contributed by atoms with Crippen molar-refractivity contribution in [2.24, 2.45) is 0 Å². The van der Waals surface area contributed by atoms with Crippen molar-refractivity contribution in [2.45, 2.75) is 0 Å². The number of hydrogen-bond acceptors (Lipinski definition) is 4. The van der Waals surface area contributed by atoms with Crippen LogP contribution in [0.3, 0.4) is 0 Å². The first-order chi connectivity index (χ1) is 6.83. The highest BCUT2D eigenvalue weighted by Crippen LogP contribution is 2.27. The Morgan fingerprint density at radius 1 is 1.64 bits per heavy atom. The van der Waals surface area contributed by atoms with E-state index in [0.717, 1.165) is 11.1 Å². The molecule has 2 aromatic heterocycles. The SMILES string of the molecule is COC(=O)c1sccc1-c1cn[nH]c1. The van der Waals surface area contributed by atoms with Crippen LogP contribution in [-0.4, -0.2) is 23.3 Å². The molecule has 0 aromatic carbocycles. The number of carbonyl (C=O) groups is 1. The van der Waals surface area contributed by atoms with E-state index < -0.39 is 0 Å². The monoisotopic (exact) mass is 208 g/mol. The summed E-state index contributed by atoms with van der Waals surface area (Å²) < 4.78 is 4.67. The van der Waals surface area contributed by atoms with Crippen LogP contribution in [0.4, 0.5) is 0 Å². The molecule has 0 fully saturated rings. The highest BCUT2D eigenvalue weighted by atomic mass is 32.1. The molecule has 0 spiro atoms. The van der Waals surface area contributed by atoms with Gasteiger partial charge in [-0.25, -0.2) is 4.79 Å². The quantitative estimate of drug-likeness (QED) is 0.767. The molecule has 14 heavy (non-hydrogen) atoms. The Bertz CT molecular complexity index is 433. The Hall–Kier alpha value is -1.62. The van der Waals surface area contributed by atoms with Crippen LogP contribution >= 0.6 is 11.3 Å². The number of ether oxygens (including phenoxy) is 1. The van der Waals surface area contributed by atoms with Gasteiger partial charge in [0.1, 0.15) is 4.88 Å². The van der Waals surface area contributed by atoms with E-state index in [0.29, 0.717) is 4.88 Å². The molecule has 2 heterocycles. The molecule has 0 amide bonds. The molecule has 5 heteroatoms. The Labute approximate surface area is 84.5 Å². The third-order valence-corrected chi connectivity index (χ3v) is 2.74. The minimum atomic E-state index is -0.309. The molecule has 1 N–H and O–H groups in total. The van der Waals surface area contributed by atoms with Crippen molar-refractivity contribution < 1.29 is 9.53 Å². The van der Waals surface area contributed by atoms with E-state index in [9.17, 15) is 4.79 Å². The lowest BCUT2D eigenvalue weighted by atomic mass is 10.1. The van der Waals surface area contributed by atoms with E-state index >= 15 is 0 Å². The Balaban J connectivity index is 2.45. The van der Waals surface area contributed by atoms with E-state index in [1.807, 2.05) is 11.4 Å². The standard InChI is InChI=1S/C9H8N2O2S/c1-13-9(12)8-7(2-3-14-8)6-4-10-11-5-6/h2-5H,1H3,(H,10,11). The highest BCUT2D eigenvalue weighted by molar-refractivity contribution is 7.12. The Kier molecular flexibility index (Phi) is 2.32. The van der Waals surface area contributed by atoms with Crippen LogP contribution in [0.2, 0.25) is 0 Å². The Morgan fingerprint density at radius 3 is 3.14 bits per heavy atom. The fourth-order valence-corrected chi connectivity index (χ4v) is 2.02. The van der Waals surface area contributed by atoms with Crippen LogP contribution in [0.15, 0.2) is 23.8 Å². The van der Waals surface area contributed by atoms with Gasteiger partial charge in [0.15, 0.2) is 0 Å².